The molecule has 0 saturated heterocycles. The van der Waals surface area contributed by atoms with E-state index >= 15 is 0 Å². The molecule has 3 atom stereocenters. The molecule has 0 radical (unpaired) electrons. The molecule has 0 aromatic heterocycles. The molecule has 2 aliphatic carbocycles. The number of hydrogen-bond donors (Lipinski definition) is 1. The zero-order valence-electron chi connectivity index (χ0n) is 15.8. The van der Waals surface area contributed by atoms with E-state index in [0.717, 1.165) is 17.9 Å². The van der Waals surface area contributed by atoms with Crippen molar-refractivity contribution < 1.29 is 0 Å². The SMILES string of the molecule is C/C=C(\C#N)C12Nc3ccccc3C1CC1=C(CC[C@@H](C)C1)C2(C)C. The number of rotatable bonds is 1. The van der Waals surface area contributed by atoms with Crippen molar-refractivity contribution in [2.75, 3.05) is 5.32 Å². The molecule has 1 aromatic carbocycles. The number of nitrogens with one attached hydrogen (secondary N) is 1. The van der Waals surface area contributed by atoms with Crippen molar-refractivity contribution in [2.45, 2.75) is 64.8 Å². The Morgan fingerprint density at radius 1 is 1.28 bits per heavy atom. The van der Waals surface area contributed by atoms with Crippen LogP contribution in [-0.4, -0.2) is 5.54 Å². The molecule has 0 bridgehead atoms. The molecule has 2 nitrogen and oxygen atoms in total. The van der Waals surface area contributed by atoms with Crippen LogP contribution in [0.3, 0.4) is 0 Å². The van der Waals surface area contributed by atoms with Crippen molar-refractivity contribution in [3.05, 3.63) is 52.6 Å². The highest BCUT2D eigenvalue weighted by Crippen LogP contribution is 2.64. The summed E-state index contributed by atoms with van der Waals surface area (Å²) in [5, 5.41) is 13.9. The van der Waals surface area contributed by atoms with Crippen molar-refractivity contribution in [2.24, 2.45) is 11.3 Å². The summed E-state index contributed by atoms with van der Waals surface area (Å²) >= 11 is 0. The van der Waals surface area contributed by atoms with Gasteiger partial charge in [0.05, 0.1) is 17.2 Å². The standard InChI is InChI=1S/C23H28N2/c1-5-17(14-24)23-20(18-8-6-7-9-21(18)25-23)13-16-12-15(2)10-11-19(16)22(23,3)4/h5-9,15,20,25H,10-13H2,1-4H3/b17-5+/t15-,20?,23?/m1/s1. The van der Waals surface area contributed by atoms with Crippen molar-refractivity contribution in [1.82, 2.24) is 0 Å². The van der Waals surface area contributed by atoms with Gasteiger partial charge in [-0.3, -0.25) is 0 Å². The second kappa shape index (κ2) is 5.49. The van der Waals surface area contributed by atoms with E-state index in [1.807, 2.05) is 13.0 Å². The van der Waals surface area contributed by atoms with Crippen LogP contribution in [0.4, 0.5) is 5.69 Å². The van der Waals surface area contributed by atoms with Crippen LogP contribution < -0.4 is 5.32 Å². The van der Waals surface area contributed by atoms with Crippen LogP contribution in [-0.2, 0) is 0 Å². The van der Waals surface area contributed by atoms with Crippen LogP contribution in [0.25, 0.3) is 0 Å². The van der Waals surface area contributed by atoms with Crippen LogP contribution in [0.15, 0.2) is 47.1 Å². The smallest absolute Gasteiger partial charge is 0.0969 e. The average molecular weight is 332 g/mol. The van der Waals surface area contributed by atoms with E-state index in [1.165, 1.54) is 30.5 Å². The van der Waals surface area contributed by atoms with Gasteiger partial charge in [0.25, 0.3) is 0 Å². The van der Waals surface area contributed by atoms with Gasteiger partial charge in [0.2, 0.25) is 0 Å². The summed E-state index contributed by atoms with van der Waals surface area (Å²) in [5.41, 5.74) is 6.37. The van der Waals surface area contributed by atoms with E-state index in [9.17, 15) is 5.26 Å². The molecule has 1 heterocycles. The number of nitriles is 1. The molecule has 0 amide bonds. The van der Waals surface area contributed by atoms with Crippen LogP contribution >= 0.6 is 0 Å². The Bertz CT molecular complexity index is 821. The molecule has 4 rings (SSSR count). The quantitative estimate of drug-likeness (QED) is 0.509. The summed E-state index contributed by atoms with van der Waals surface area (Å²) in [7, 11) is 0. The van der Waals surface area contributed by atoms with Crippen LogP contribution in [0.5, 0.6) is 0 Å². The summed E-state index contributed by atoms with van der Waals surface area (Å²) in [6.45, 7) is 9.12. The Morgan fingerprint density at radius 2 is 2.04 bits per heavy atom. The van der Waals surface area contributed by atoms with Gasteiger partial charge in [0.15, 0.2) is 0 Å². The first kappa shape index (κ1) is 16.5. The van der Waals surface area contributed by atoms with Gasteiger partial charge in [-0.25, -0.2) is 0 Å². The highest BCUT2D eigenvalue weighted by atomic mass is 15.1. The highest BCUT2D eigenvalue weighted by Gasteiger charge is 2.61. The van der Waals surface area contributed by atoms with Gasteiger partial charge < -0.3 is 5.32 Å². The van der Waals surface area contributed by atoms with Crippen LogP contribution in [0.2, 0.25) is 0 Å². The van der Waals surface area contributed by atoms with E-state index in [1.54, 1.807) is 11.1 Å². The Kier molecular flexibility index (Phi) is 3.62. The molecule has 1 aliphatic heterocycles. The van der Waals surface area contributed by atoms with Gasteiger partial charge in [-0.2, -0.15) is 5.26 Å². The zero-order valence-corrected chi connectivity index (χ0v) is 15.8. The van der Waals surface area contributed by atoms with Gasteiger partial charge in [0, 0.05) is 17.0 Å². The summed E-state index contributed by atoms with van der Waals surface area (Å²) < 4.78 is 0. The van der Waals surface area contributed by atoms with Gasteiger partial charge in [0.1, 0.15) is 0 Å². The average Bonchev–Trinajstić information content (AvgIpc) is 2.92. The summed E-state index contributed by atoms with van der Waals surface area (Å²) in [6.07, 6.45) is 6.80. The molecule has 0 spiro atoms. The predicted octanol–water partition coefficient (Wildman–Crippen LogP) is 5.95. The van der Waals surface area contributed by atoms with Gasteiger partial charge in [-0.1, -0.05) is 56.2 Å². The molecule has 130 valence electrons. The third-order valence-corrected chi connectivity index (χ3v) is 7.12. The number of hydrogen-bond acceptors (Lipinski definition) is 2. The molecule has 2 heteroatoms. The van der Waals surface area contributed by atoms with E-state index in [0.29, 0.717) is 5.92 Å². The van der Waals surface area contributed by atoms with Crippen molar-refractivity contribution in [3.8, 4) is 6.07 Å². The topological polar surface area (TPSA) is 35.8 Å². The first-order valence-corrected chi connectivity index (χ1v) is 9.61. The van der Waals surface area contributed by atoms with E-state index in [4.69, 9.17) is 0 Å². The normalized spacial score (nSPS) is 33.0. The van der Waals surface area contributed by atoms with Gasteiger partial charge >= 0.3 is 0 Å². The molecular formula is C23H28N2. The Morgan fingerprint density at radius 3 is 2.76 bits per heavy atom. The maximum Gasteiger partial charge on any atom is 0.0969 e. The number of anilines is 1. The van der Waals surface area contributed by atoms with Gasteiger partial charge in [-0.15, -0.1) is 0 Å². The first-order chi connectivity index (χ1) is 12.0. The Balaban J connectivity index is 1.97. The maximum atomic E-state index is 10.00. The molecule has 1 N–H and O–H groups in total. The monoisotopic (exact) mass is 332 g/mol. The Hall–Kier alpha value is -2.01. The van der Waals surface area contributed by atoms with Crippen LogP contribution in [0, 0.1) is 22.7 Å². The van der Waals surface area contributed by atoms with Gasteiger partial charge in [-0.05, 0) is 50.2 Å². The fourth-order valence-electron chi connectivity index (χ4n) is 5.93. The Labute approximate surface area is 151 Å². The lowest BCUT2D eigenvalue weighted by Gasteiger charge is -2.55. The number of benzene rings is 1. The number of fused-ring (bicyclic) bond motifs is 3. The predicted molar refractivity (Wildman–Crippen MR) is 103 cm³/mol. The molecule has 3 aliphatic rings. The molecule has 25 heavy (non-hydrogen) atoms. The molecular weight excluding hydrogens is 304 g/mol. The third-order valence-electron chi connectivity index (χ3n) is 7.12. The summed E-state index contributed by atoms with van der Waals surface area (Å²) in [6, 6.07) is 11.2. The fourth-order valence-corrected chi connectivity index (χ4v) is 5.93. The zero-order chi connectivity index (χ0) is 17.8. The number of para-hydroxylation sites is 1. The number of allylic oxidation sites excluding steroid dienone is 2. The summed E-state index contributed by atoms with van der Waals surface area (Å²) in [5.74, 6) is 1.12. The number of nitrogens with zero attached hydrogens (tertiary/aromatic N) is 1. The van der Waals surface area contributed by atoms with Crippen LogP contribution in [0.1, 0.15) is 64.9 Å². The lowest BCUT2D eigenvalue weighted by atomic mass is 9.51. The molecule has 0 saturated carbocycles. The maximum absolute atomic E-state index is 10.00. The van der Waals surface area contributed by atoms with E-state index < -0.39 is 0 Å². The molecule has 2 unspecified atom stereocenters. The van der Waals surface area contributed by atoms with Crippen molar-refractivity contribution >= 4 is 5.69 Å². The third kappa shape index (κ3) is 2.02. The second-order valence-electron chi connectivity index (χ2n) is 8.65. The largest absolute Gasteiger partial charge is 0.373 e. The lowest BCUT2D eigenvalue weighted by Crippen LogP contribution is -2.57. The lowest BCUT2D eigenvalue weighted by molar-refractivity contribution is 0.203. The molecule has 0 fully saturated rings. The fraction of sp³-hybridized carbons (Fsp3) is 0.522. The summed E-state index contributed by atoms with van der Waals surface area (Å²) in [4.78, 5) is 0. The second-order valence-corrected chi connectivity index (χ2v) is 8.65. The van der Waals surface area contributed by atoms with Crippen molar-refractivity contribution in [3.63, 3.8) is 0 Å². The minimum Gasteiger partial charge on any atom is -0.373 e. The molecule has 1 aromatic rings. The minimum absolute atomic E-state index is 0.0675. The highest BCUT2D eigenvalue weighted by molar-refractivity contribution is 5.70. The van der Waals surface area contributed by atoms with E-state index in [-0.39, 0.29) is 11.0 Å². The van der Waals surface area contributed by atoms with Crippen molar-refractivity contribution in [1.29, 1.82) is 5.26 Å². The minimum atomic E-state index is -0.320. The first-order valence-electron chi connectivity index (χ1n) is 9.61. The van der Waals surface area contributed by atoms with E-state index in [2.05, 4.69) is 56.4 Å².